The second-order valence-corrected chi connectivity index (χ2v) is 5.38. The van der Waals surface area contributed by atoms with E-state index in [4.69, 9.17) is 0 Å². The van der Waals surface area contributed by atoms with Gasteiger partial charge in [0.2, 0.25) is 5.91 Å². The molecule has 5 heteroatoms. The predicted octanol–water partition coefficient (Wildman–Crippen LogP) is 1.84. The molecule has 88 valence electrons. The molecule has 1 aliphatic rings. The average Bonchev–Trinajstić information content (AvgIpc) is 2.95. The molecule has 4 nitrogen and oxygen atoms in total. The van der Waals surface area contributed by atoms with Gasteiger partial charge in [0.25, 0.3) is 0 Å². The SMILES string of the molecule is Cc1nc(NCCC(=O)NC2CC2)sc1C. The van der Waals surface area contributed by atoms with E-state index in [0.717, 1.165) is 23.7 Å². The molecule has 16 heavy (non-hydrogen) atoms. The monoisotopic (exact) mass is 239 g/mol. The zero-order chi connectivity index (χ0) is 11.5. The van der Waals surface area contributed by atoms with Crippen LogP contribution < -0.4 is 10.6 Å². The fourth-order valence-electron chi connectivity index (χ4n) is 1.36. The first-order valence-corrected chi connectivity index (χ1v) is 6.44. The summed E-state index contributed by atoms with van der Waals surface area (Å²) in [6, 6.07) is 0.455. The number of hydrogen-bond donors (Lipinski definition) is 2. The van der Waals surface area contributed by atoms with E-state index < -0.39 is 0 Å². The Bertz CT molecular complexity index is 365. The Morgan fingerprint density at radius 3 is 2.81 bits per heavy atom. The highest BCUT2D eigenvalue weighted by atomic mass is 32.1. The molecule has 1 heterocycles. The third-order valence-corrected chi connectivity index (χ3v) is 3.63. The van der Waals surface area contributed by atoms with Gasteiger partial charge in [0, 0.05) is 23.9 Å². The summed E-state index contributed by atoms with van der Waals surface area (Å²) in [5.41, 5.74) is 1.06. The van der Waals surface area contributed by atoms with Crippen LogP contribution in [0.1, 0.15) is 29.8 Å². The van der Waals surface area contributed by atoms with Crippen LogP contribution in [0.25, 0.3) is 0 Å². The van der Waals surface area contributed by atoms with Crippen LogP contribution in [0.3, 0.4) is 0 Å². The first-order valence-electron chi connectivity index (χ1n) is 5.62. The maximum Gasteiger partial charge on any atom is 0.221 e. The number of aryl methyl sites for hydroxylation is 2. The van der Waals surface area contributed by atoms with E-state index >= 15 is 0 Å². The van der Waals surface area contributed by atoms with E-state index in [1.54, 1.807) is 11.3 Å². The lowest BCUT2D eigenvalue weighted by molar-refractivity contribution is -0.120. The largest absolute Gasteiger partial charge is 0.361 e. The zero-order valence-corrected chi connectivity index (χ0v) is 10.5. The lowest BCUT2D eigenvalue weighted by Gasteiger charge is -2.03. The van der Waals surface area contributed by atoms with Gasteiger partial charge >= 0.3 is 0 Å². The van der Waals surface area contributed by atoms with Crippen molar-refractivity contribution in [2.24, 2.45) is 0 Å². The van der Waals surface area contributed by atoms with E-state index in [0.29, 0.717) is 19.0 Å². The predicted molar refractivity (Wildman–Crippen MR) is 65.9 cm³/mol. The van der Waals surface area contributed by atoms with E-state index in [1.165, 1.54) is 4.88 Å². The molecule has 2 rings (SSSR count). The lowest BCUT2D eigenvalue weighted by Crippen LogP contribution is -2.27. The lowest BCUT2D eigenvalue weighted by atomic mass is 10.4. The molecule has 2 N–H and O–H groups in total. The van der Waals surface area contributed by atoms with Crippen molar-refractivity contribution in [3.63, 3.8) is 0 Å². The number of hydrogen-bond acceptors (Lipinski definition) is 4. The summed E-state index contributed by atoms with van der Waals surface area (Å²) in [4.78, 5) is 17.0. The second kappa shape index (κ2) is 4.82. The summed E-state index contributed by atoms with van der Waals surface area (Å²) in [6.07, 6.45) is 2.81. The molecule has 0 unspecified atom stereocenters. The van der Waals surface area contributed by atoms with Crippen molar-refractivity contribution < 1.29 is 4.79 Å². The van der Waals surface area contributed by atoms with Crippen LogP contribution in [0.5, 0.6) is 0 Å². The highest BCUT2D eigenvalue weighted by Crippen LogP contribution is 2.21. The van der Waals surface area contributed by atoms with E-state index in [1.807, 2.05) is 6.92 Å². The third kappa shape index (κ3) is 3.20. The van der Waals surface area contributed by atoms with Crippen LogP contribution in [0.2, 0.25) is 0 Å². The number of carbonyl (C=O) groups is 1. The Morgan fingerprint density at radius 1 is 1.50 bits per heavy atom. The molecule has 0 aromatic carbocycles. The Hall–Kier alpha value is -1.10. The summed E-state index contributed by atoms with van der Waals surface area (Å²) in [5, 5.41) is 7.05. The van der Waals surface area contributed by atoms with Gasteiger partial charge < -0.3 is 10.6 Å². The smallest absolute Gasteiger partial charge is 0.221 e. The van der Waals surface area contributed by atoms with Crippen LogP contribution in [0, 0.1) is 13.8 Å². The topological polar surface area (TPSA) is 54.0 Å². The van der Waals surface area contributed by atoms with Gasteiger partial charge in [-0.3, -0.25) is 4.79 Å². The van der Waals surface area contributed by atoms with Crippen LogP contribution in [0.4, 0.5) is 5.13 Å². The maximum absolute atomic E-state index is 11.4. The summed E-state index contributed by atoms with van der Waals surface area (Å²) < 4.78 is 0. The molecule has 1 aliphatic carbocycles. The Kier molecular flexibility index (Phi) is 3.43. The first kappa shape index (κ1) is 11.4. The van der Waals surface area contributed by atoms with Gasteiger partial charge in [0.15, 0.2) is 5.13 Å². The second-order valence-electron chi connectivity index (χ2n) is 4.18. The van der Waals surface area contributed by atoms with E-state index in [9.17, 15) is 4.79 Å². The molecule has 1 amide bonds. The number of nitrogens with one attached hydrogen (secondary N) is 2. The van der Waals surface area contributed by atoms with Crippen molar-refractivity contribution in [3.8, 4) is 0 Å². The molecular formula is C11H17N3OS. The van der Waals surface area contributed by atoms with Gasteiger partial charge in [-0.15, -0.1) is 11.3 Å². The Labute approximate surface area is 99.5 Å². The minimum Gasteiger partial charge on any atom is -0.361 e. The van der Waals surface area contributed by atoms with Crippen LogP contribution in [-0.2, 0) is 4.79 Å². The molecule has 0 radical (unpaired) electrons. The van der Waals surface area contributed by atoms with Gasteiger partial charge in [-0.25, -0.2) is 4.98 Å². The van der Waals surface area contributed by atoms with E-state index in [2.05, 4.69) is 22.5 Å². The zero-order valence-electron chi connectivity index (χ0n) is 9.67. The van der Waals surface area contributed by atoms with Gasteiger partial charge in [0.1, 0.15) is 0 Å². The summed E-state index contributed by atoms with van der Waals surface area (Å²) in [5.74, 6) is 0.139. The molecule has 0 saturated heterocycles. The highest BCUT2D eigenvalue weighted by Gasteiger charge is 2.22. The Balaban J connectivity index is 1.68. The molecule has 0 atom stereocenters. The standard InChI is InChI=1S/C11H17N3OS/c1-7-8(2)16-11(13-7)12-6-5-10(15)14-9-3-4-9/h9H,3-6H2,1-2H3,(H,12,13)(H,14,15). The third-order valence-electron chi connectivity index (χ3n) is 2.60. The molecule has 0 aliphatic heterocycles. The number of rotatable bonds is 5. The van der Waals surface area contributed by atoms with Gasteiger partial charge in [-0.2, -0.15) is 0 Å². The maximum atomic E-state index is 11.4. The van der Waals surface area contributed by atoms with Crippen molar-refractivity contribution in [2.75, 3.05) is 11.9 Å². The normalized spacial score (nSPS) is 14.9. The fraction of sp³-hybridized carbons (Fsp3) is 0.636. The molecule has 0 bridgehead atoms. The van der Waals surface area contributed by atoms with Gasteiger partial charge in [-0.1, -0.05) is 0 Å². The average molecular weight is 239 g/mol. The molecule has 1 aromatic heterocycles. The van der Waals surface area contributed by atoms with Crippen molar-refractivity contribution >= 4 is 22.4 Å². The van der Waals surface area contributed by atoms with Crippen molar-refractivity contribution in [2.45, 2.75) is 39.2 Å². The fourth-order valence-corrected chi connectivity index (χ4v) is 2.20. The van der Waals surface area contributed by atoms with Crippen LogP contribution >= 0.6 is 11.3 Å². The van der Waals surface area contributed by atoms with Crippen LogP contribution in [0.15, 0.2) is 0 Å². The molecular weight excluding hydrogens is 222 g/mol. The first-order chi connectivity index (χ1) is 7.65. The Morgan fingerprint density at radius 2 is 2.25 bits per heavy atom. The van der Waals surface area contributed by atoms with Gasteiger partial charge in [-0.05, 0) is 26.7 Å². The molecule has 1 aromatic rings. The minimum absolute atomic E-state index is 0.139. The van der Waals surface area contributed by atoms with Crippen molar-refractivity contribution in [1.29, 1.82) is 0 Å². The van der Waals surface area contributed by atoms with E-state index in [-0.39, 0.29) is 5.91 Å². The summed E-state index contributed by atoms with van der Waals surface area (Å²) in [6.45, 7) is 4.71. The minimum atomic E-state index is 0.139. The number of aromatic nitrogens is 1. The highest BCUT2D eigenvalue weighted by molar-refractivity contribution is 7.15. The van der Waals surface area contributed by atoms with Crippen LogP contribution in [-0.4, -0.2) is 23.5 Å². The number of anilines is 1. The number of amides is 1. The van der Waals surface area contributed by atoms with Gasteiger partial charge in [0.05, 0.1) is 5.69 Å². The summed E-state index contributed by atoms with van der Waals surface area (Å²) in [7, 11) is 0. The number of thiazole rings is 1. The van der Waals surface area contributed by atoms with Crippen molar-refractivity contribution in [1.82, 2.24) is 10.3 Å². The molecule has 1 fully saturated rings. The summed E-state index contributed by atoms with van der Waals surface area (Å²) >= 11 is 1.64. The molecule has 1 saturated carbocycles. The number of nitrogens with zero attached hydrogens (tertiary/aromatic N) is 1. The quantitative estimate of drug-likeness (QED) is 0.824. The van der Waals surface area contributed by atoms with Crippen molar-refractivity contribution in [3.05, 3.63) is 10.6 Å². The number of carbonyl (C=O) groups excluding carboxylic acids is 1. The molecule has 0 spiro atoms.